The SMILES string of the molecule is CCNC(=O)c1c(C)nc(N)nc1-c1ccc(OCCOCC)cc1. The Morgan fingerprint density at radius 1 is 1.16 bits per heavy atom. The van der Waals surface area contributed by atoms with Crippen molar-refractivity contribution in [2.24, 2.45) is 0 Å². The lowest BCUT2D eigenvalue weighted by Crippen LogP contribution is -2.25. The molecular formula is C18H24N4O3. The average molecular weight is 344 g/mol. The summed E-state index contributed by atoms with van der Waals surface area (Å²) >= 11 is 0. The number of hydrogen-bond donors (Lipinski definition) is 2. The molecule has 1 heterocycles. The summed E-state index contributed by atoms with van der Waals surface area (Å²) in [6.07, 6.45) is 0. The number of carbonyl (C=O) groups excluding carboxylic acids is 1. The van der Waals surface area contributed by atoms with Gasteiger partial charge in [-0.2, -0.15) is 0 Å². The van der Waals surface area contributed by atoms with E-state index in [1.54, 1.807) is 6.92 Å². The highest BCUT2D eigenvalue weighted by atomic mass is 16.5. The molecule has 7 heteroatoms. The fraction of sp³-hybridized carbons (Fsp3) is 0.389. The number of carbonyl (C=O) groups is 1. The Morgan fingerprint density at radius 2 is 1.88 bits per heavy atom. The maximum atomic E-state index is 12.4. The van der Waals surface area contributed by atoms with Gasteiger partial charge in [0.25, 0.3) is 5.91 Å². The summed E-state index contributed by atoms with van der Waals surface area (Å²) in [6.45, 7) is 7.76. The van der Waals surface area contributed by atoms with Crippen molar-refractivity contribution in [3.8, 4) is 17.0 Å². The van der Waals surface area contributed by atoms with Crippen LogP contribution in [-0.4, -0.2) is 42.2 Å². The zero-order valence-electron chi connectivity index (χ0n) is 14.8. The Labute approximate surface area is 147 Å². The number of nitrogens with one attached hydrogen (secondary N) is 1. The van der Waals surface area contributed by atoms with Crippen LogP contribution in [0.5, 0.6) is 5.75 Å². The number of ether oxygens (including phenoxy) is 2. The summed E-state index contributed by atoms with van der Waals surface area (Å²) in [5, 5.41) is 2.79. The molecule has 134 valence electrons. The fourth-order valence-electron chi connectivity index (χ4n) is 2.40. The quantitative estimate of drug-likeness (QED) is 0.712. The lowest BCUT2D eigenvalue weighted by molar-refractivity contribution is 0.0955. The number of anilines is 1. The van der Waals surface area contributed by atoms with Gasteiger partial charge in [-0.05, 0) is 45.0 Å². The Balaban J connectivity index is 2.27. The molecule has 0 aliphatic carbocycles. The molecule has 7 nitrogen and oxygen atoms in total. The number of nitrogen functional groups attached to an aromatic ring is 1. The van der Waals surface area contributed by atoms with Crippen LogP contribution in [0.1, 0.15) is 29.9 Å². The van der Waals surface area contributed by atoms with Crippen molar-refractivity contribution in [1.82, 2.24) is 15.3 Å². The number of amides is 1. The number of aryl methyl sites for hydroxylation is 1. The van der Waals surface area contributed by atoms with E-state index in [2.05, 4.69) is 15.3 Å². The molecule has 1 amide bonds. The molecule has 2 aromatic rings. The van der Waals surface area contributed by atoms with Crippen LogP contribution < -0.4 is 15.8 Å². The monoisotopic (exact) mass is 344 g/mol. The van der Waals surface area contributed by atoms with Crippen LogP contribution in [0.15, 0.2) is 24.3 Å². The van der Waals surface area contributed by atoms with Crippen LogP contribution >= 0.6 is 0 Å². The number of rotatable bonds is 8. The molecule has 0 saturated heterocycles. The number of nitrogens with two attached hydrogens (primary N) is 1. The summed E-state index contributed by atoms with van der Waals surface area (Å²) in [5.41, 5.74) is 8.03. The predicted octanol–water partition coefficient (Wildman–Crippen LogP) is 2.20. The van der Waals surface area contributed by atoms with Crippen LogP contribution in [0.3, 0.4) is 0 Å². The molecule has 0 spiro atoms. The van der Waals surface area contributed by atoms with Gasteiger partial charge in [0, 0.05) is 18.7 Å². The van der Waals surface area contributed by atoms with Gasteiger partial charge in [-0.3, -0.25) is 4.79 Å². The number of nitrogens with zero attached hydrogens (tertiary/aromatic N) is 2. The minimum atomic E-state index is -0.216. The summed E-state index contributed by atoms with van der Waals surface area (Å²) in [5.74, 6) is 0.645. The van der Waals surface area contributed by atoms with E-state index in [0.29, 0.717) is 43.3 Å². The van der Waals surface area contributed by atoms with Gasteiger partial charge in [0.2, 0.25) is 5.95 Å². The maximum absolute atomic E-state index is 12.4. The van der Waals surface area contributed by atoms with Crippen LogP contribution in [-0.2, 0) is 4.74 Å². The minimum absolute atomic E-state index is 0.137. The number of benzene rings is 1. The van der Waals surface area contributed by atoms with Crippen molar-refractivity contribution in [3.63, 3.8) is 0 Å². The first kappa shape index (κ1) is 18.7. The molecule has 0 aliphatic heterocycles. The average Bonchev–Trinajstić information content (AvgIpc) is 2.59. The van der Waals surface area contributed by atoms with Gasteiger partial charge >= 0.3 is 0 Å². The van der Waals surface area contributed by atoms with E-state index in [0.717, 1.165) is 11.3 Å². The van der Waals surface area contributed by atoms with E-state index in [1.807, 2.05) is 38.1 Å². The summed E-state index contributed by atoms with van der Waals surface area (Å²) < 4.78 is 10.8. The first-order valence-corrected chi connectivity index (χ1v) is 8.30. The highest BCUT2D eigenvalue weighted by Crippen LogP contribution is 2.26. The molecule has 0 saturated carbocycles. The highest BCUT2D eigenvalue weighted by Gasteiger charge is 2.19. The molecule has 0 bridgehead atoms. The molecule has 0 radical (unpaired) electrons. The third-order valence-electron chi connectivity index (χ3n) is 3.50. The lowest BCUT2D eigenvalue weighted by atomic mass is 10.0. The molecule has 1 aromatic heterocycles. The van der Waals surface area contributed by atoms with E-state index in [1.165, 1.54) is 0 Å². The molecular weight excluding hydrogens is 320 g/mol. The van der Waals surface area contributed by atoms with Crippen molar-refractivity contribution in [2.75, 3.05) is 32.1 Å². The van der Waals surface area contributed by atoms with Gasteiger partial charge in [0.15, 0.2) is 0 Å². The Kier molecular flexibility index (Phi) is 6.71. The summed E-state index contributed by atoms with van der Waals surface area (Å²) in [6, 6.07) is 7.35. The first-order chi connectivity index (χ1) is 12.1. The zero-order chi connectivity index (χ0) is 18.2. The van der Waals surface area contributed by atoms with Crippen molar-refractivity contribution in [1.29, 1.82) is 0 Å². The summed E-state index contributed by atoms with van der Waals surface area (Å²) in [7, 11) is 0. The largest absolute Gasteiger partial charge is 0.491 e. The number of hydrogen-bond acceptors (Lipinski definition) is 6. The zero-order valence-corrected chi connectivity index (χ0v) is 14.8. The highest BCUT2D eigenvalue weighted by molar-refractivity contribution is 6.01. The minimum Gasteiger partial charge on any atom is -0.491 e. The van der Waals surface area contributed by atoms with E-state index in [-0.39, 0.29) is 11.9 Å². The molecule has 0 atom stereocenters. The molecule has 3 N–H and O–H groups in total. The normalized spacial score (nSPS) is 10.5. The third-order valence-corrected chi connectivity index (χ3v) is 3.50. The van der Waals surface area contributed by atoms with Gasteiger partial charge < -0.3 is 20.5 Å². The second-order valence-corrected chi connectivity index (χ2v) is 5.32. The third kappa shape index (κ3) is 4.90. The van der Waals surface area contributed by atoms with Crippen molar-refractivity contribution in [2.45, 2.75) is 20.8 Å². The van der Waals surface area contributed by atoms with Gasteiger partial charge in [-0.1, -0.05) is 0 Å². The van der Waals surface area contributed by atoms with Gasteiger partial charge in [0.1, 0.15) is 12.4 Å². The molecule has 25 heavy (non-hydrogen) atoms. The van der Waals surface area contributed by atoms with Gasteiger partial charge in [0.05, 0.1) is 23.6 Å². The van der Waals surface area contributed by atoms with Crippen LogP contribution in [0.4, 0.5) is 5.95 Å². The summed E-state index contributed by atoms with van der Waals surface area (Å²) in [4.78, 5) is 20.7. The van der Waals surface area contributed by atoms with E-state index in [4.69, 9.17) is 15.2 Å². The van der Waals surface area contributed by atoms with Gasteiger partial charge in [-0.25, -0.2) is 9.97 Å². The Hall–Kier alpha value is -2.67. The van der Waals surface area contributed by atoms with Crippen molar-refractivity contribution < 1.29 is 14.3 Å². The molecule has 1 aromatic carbocycles. The van der Waals surface area contributed by atoms with E-state index in [9.17, 15) is 4.79 Å². The van der Waals surface area contributed by atoms with E-state index < -0.39 is 0 Å². The first-order valence-electron chi connectivity index (χ1n) is 8.30. The Morgan fingerprint density at radius 3 is 2.52 bits per heavy atom. The second-order valence-electron chi connectivity index (χ2n) is 5.32. The lowest BCUT2D eigenvalue weighted by Gasteiger charge is -2.12. The molecule has 2 rings (SSSR count). The van der Waals surface area contributed by atoms with E-state index >= 15 is 0 Å². The second kappa shape index (κ2) is 8.98. The molecule has 0 unspecified atom stereocenters. The predicted molar refractivity (Wildman–Crippen MR) is 96.6 cm³/mol. The van der Waals surface area contributed by atoms with Crippen LogP contribution in [0.25, 0.3) is 11.3 Å². The number of aromatic nitrogens is 2. The molecule has 0 fully saturated rings. The standard InChI is InChI=1S/C18H24N4O3/c1-4-20-17(23)15-12(3)21-18(19)22-16(15)13-6-8-14(9-7-13)25-11-10-24-5-2/h6-9H,4-5,10-11H2,1-3H3,(H,20,23)(H2,19,21,22). The molecule has 0 aliphatic rings. The van der Waals surface area contributed by atoms with Crippen molar-refractivity contribution in [3.05, 3.63) is 35.5 Å². The fourth-order valence-corrected chi connectivity index (χ4v) is 2.40. The topological polar surface area (TPSA) is 99.4 Å². The smallest absolute Gasteiger partial charge is 0.255 e. The maximum Gasteiger partial charge on any atom is 0.255 e. The van der Waals surface area contributed by atoms with Crippen molar-refractivity contribution >= 4 is 11.9 Å². The Bertz CT molecular complexity index is 717. The van der Waals surface area contributed by atoms with Crippen LogP contribution in [0.2, 0.25) is 0 Å². The van der Waals surface area contributed by atoms with Gasteiger partial charge in [-0.15, -0.1) is 0 Å². The van der Waals surface area contributed by atoms with Crippen LogP contribution in [0, 0.1) is 6.92 Å².